The molecule has 32 heavy (non-hydrogen) atoms. The number of nitrogens with zero attached hydrogens (tertiary/aromatic N) is 3. The van der Waals surface area contributed by atoms with Crippen LogP contribution in [-0.4, -0.2) is 50.7 Å². The first-order valence-corrected chi connectivity index (χ1v) is 9.78. The summed E-state index contributed by atoms with van der Waals surface area (Å²) in [5, 5.41) is 7.12. The highest BCUT2D eigenvalue weighted by Gasteiger charge is 2.38. The summed E-state index contributed by atoms with van der Waals surface area (Å²) in [4.78, 5) is 27.6. The molecule has 1 amide bonds. The minimum absolute atomic E-state index is 0.142. The molecule has 1 aromatic carbocycles. The molecule has 1 saturated heterocycles. The monoisotopic (exact) mass is 451 g/mol. The van der Waals surface area contributed by atoms with Crippen molar-refractivity contribution >= 4 is 22.9 Å². The standard InChI is InChI=1S/C20H20FN3O.C2HF3O2/c1-13-14(2)17(21)5-4-16(13)15-10-19-18(22-11-15)6-9-24(19)12-20(25)23-7-3-8-23;3-2(4,5)1(6)7/h4-6,9-11H,3,7-8,12H2,1-2H3;(H,6,7). The highest BCUT2D eigenvalue weighted by atomic mass is 19.4. The van der Waals surface area contributed by atoms with Gasteiger partial charge in [0.05, 0.1) is 11.0 Å². The van der Waals surface area contributed by atoms with Crippen LogP contribution in [0.25, 0.3) is 22.2 Å². The third kappa shape index (κ3) is 4.90. The molecular weight excluding hydrogens is 430 g/mol. The van der Waals surface area contributed by atoms with Gasteiger partial charge in [0.1, 0.15) is 12.4 Å². The largest absolute Gasteiger partial charge is 0.490 e. The van der Waals surface area contributed by atoms with Crippen LogP contribution in [0, 0.1) is 19.7 Å². The number of aliphatic carboxylic acids is 1. The van der Waals surface area contributed by atoms with Crippen LogP contribution in [-0.2, 0) is 16.1 Å². The van der Waals surface area contributed by atoms with Crippen molar-refractivity contribution in [3.05, 3.63) is 53.6 Å². The number of fused-ring (bicyclic) bond motifs is 1. The van der Waals surface area contributed by atoms with Crippen molar-refractivity contribution in [1.82, 2.24) is 14.5 Å². The molecule has 0 aliphatic carbocycles. The van der Waals surface area contributed by atoms with Crippen LogP contribution in [0.3, 0.4) is 0 Å². The van der Waals surface area contributed by atoms with E-state index in [0.717, 1.165) is 47.2 Å². The Bertz CT molecular complexity index is 1170. The average molecular weight is 451 g/mol. The smallest absolute Gasteiger partial charge is 0.475 e. The molecule has 170 valence electrons. The molecule has 2 aromatic heterocycles. The maximum absolute atomic E-state index is 13.7. The molecule has 1 aliphatic heterocycles. The number of carbonyl (C=O) groups excluding carboxylic acids is 1. The fourth-order valence-electron chi connectivity index (χ4n) is 3.26. The number of benzene rings is 1. The fourth-order valence-corrected chi connectivity index (χ4v) is 3.26. The summed E-state index contributed by atoms with van der Waals surface area (Å²) in [6.07, 6.45) is -0.279. The Morgan fingerprint density at radius 1 is 1.12 bits per heavy atom. The first-order valence-electron chi connectivity index (χ1n) is 9.78. The summed E-state index contributed by atoms with van der Waals surface area (Å²) < 4.78 is 47.4. The highest BCUT2D eigenvalue weighted by Crippen LogP contribution is 2.29. The van der Waals surface area contributed by atoms with E-state index >= 15 is 0 Å². The van der Waals surface area contributed by atoms with Gasteiger partial charge < -0.3 is 14.6 Å². The topological polar surface area (TPSA) is 75.4 Å². The second-order valence-electron chi connectivity index (χ2n) is 7.45. The lowest BCUT2D eigenvalue weighted by Crippen LogP contribution is -2.43. The molecule has 4 rings (SSSR count). The number of alkyl halides is 3. The van der Waals surface area contributed by atoms with Crippen LogP contribution in [0.5, 0.6) is 0 Å². The molecule has 0 atom stereocenters. The zero-order chi connectivity index (χ0) is 23.6. The number of carboxylic acids is 1. The predicted octanol–water partition coefficient (Wildman–Crippen LogP) is 4.32. The lowest BCUT2D eigenvalue weighted by atomic mass is 9.97. The van der Waals surface area contributed by atoms with E-state index in [4.69, 9.17) is 9.90 Å². The van der Waals surface area contributed by atoms with E-state index in [0.29, 0.717) is 12.1 Å². The van der Waals surface area contributed by atoms with Gasteiger partial charge in [0.2, 0.25) is 5.91 Å². The normalized spacial score (nSPS) is 13.4. The lowest BCUT2D eigenvalue weighted by molar-refractivity contribution is -0.192. The Morgan fingerprint density at radius 3 is 2.34 bits per heavy atom. The molecule has 0 spiro atoms. The molecular formula is C22H21F4N3O3. The molecule has 1 fully saturated rings. The zero-order valence-electron chi connectivity index (χ0n) is 17.4. The molecule has 0 radical (unpaired) electrons. The van der Waals surface area contributed by atoms with E-state index in [-0.39, 0.29) is 11.7 Å². The number of pyridine rings is 1. The summed E-state index contributed by atoms with van der Waals surface area (Å²) in [5.41, 5.74) is 5.25. The molecule has 0 unspecified atom stereocenters. The molecule has 3 heterocycles. The first kappa shape index (κ1) is 23.2. The van der Waals surface area contributed by atoms with Gasteiger partial charge in [-0.1, -0.05) is 6.07 Å². The first-order chi connectivity index (χ1) is 15.0. The van der Waals surface area contributed by atoms with Crippen molar-refractivity contribution in [2.45, 2.75) is 33.0 Å². The Labute approximate surface area is 181 Å². The van der Waals surface area contributed by atoms with Gasteiger partial charge in [-0.25, -0.2) is 9.18 Å². The number of carbonyl (C=O) groups is 2. The van der Waals surface area contributed by atoms with Gasteiger partial charge in [0.15, 0.2) is 0 Å². The van der Waals surface area contributed by atoms with Crippen LogP contribution in [0.1, 0.15) is 17.5 Å². The number of halogens is 4. The summed E-state index contributed by atoms with van der Waals surface area (Å²) >= 11 is 0. The van der Waals surface area contributed by atoms with E-state index in [1.165, 1.54) is 6.07 Å². The van der Waals surface area contributed by atoms with Crippen LogP contribution in [0.15, 0.2) is 36.7 Å². The number of carboxylic acid groups (broad SMARTS) is 1. The lowest BCUT2D eigenvalue weighted by Gasteiger charge is -2.31. The molecule has 0 saturated carbocycles. The van der Waals surface area contributed by atoms with Gasteiger partial charge in [-0.2, -0.15) is 13.2 Å². The minimum Gasteiger partial charge on any atom is -0.475 e. The van der Waals surface area contributed by atoms with Crippen molar-refractivity contribution in [2.75, 3.05) is 13.1 Å². The fraction of sp³-hybridized carbons (Fsp3) is 0.318. The number of likely N-dealkylation sites (tertiary alicyclic amines) is 1. The van der Waals surface area contributed by atoms with E-state index in [1.54, 1.807) is 13.0 Å². The Kier molecular flexibility index (Phi) is 6.52. The van der Waals surface area contributed by atoms with Gasteiger partial charge in [0, 0.05) is 31.0 Å². The summed E-state index contributed by atoms with van der Waals surface area (Å²) in [7, 11) is 0. The Morgan fingerprint density at radius 2 is 1.78 bits per heavy atom. The van der Waals surface area contributed by atoms with Gasteiger partial charge in [0.25, 0.3) is 0 Å². The zero-order valence-corrected chi connectivity index (χ0v) is 17.4. The van der Waals surface area contributed by atoms with Crippen LogP contribution in [0.2, 0.25) is 0 Å². The molecule has 3 aromatic rings. The van der Waals surface area contributed by atoms with Crippen molar-refractivity contribution in [3.63, 3.8) is 0 Å². The number of hydrogen-bond acceptors (Lipinski definition) is 3. The van der Waals surface area contributed by atoms with E-state index < -0.39 is 12.1 Å². The van der Waals surface area contributed by atoms with E-state index in [2.05, 4.69) is 4.98 Å². The van der Waals surface area contributed by atoms with Crippen molar-refractivity contribution < 1.29 is 32.3 Å². The minimum atomic E-state index is -5.08. The van der Waals surface area contributed by atoms with E-state index in [9.17, 15) is 22.4 Å². The number of amides is 1. The van der Waals surface area contributed by atoms with Crippen LogP contribution in [0.4, 0.5) is 17.6 Å². The van der Waals surface area contributed by atoms with Gasteiger partial charge in [-0.15, -0.1) is 0 Å². The number of rotatable bonds is 3. The molecule has 1 aliphatic rings. The summed E-state index contributed by atoms with van der Waals surface area (Å²) in [5.74, 6) is -2.81. The second-order valence-corrected chi connectivity index (χ2v) is 7.45. The quantitative estimate of drug-likeness (QED) is 0.602. The van der Waals surface area contributed by atoms with Crippen LogP contribution < -0.4 is 0 Å². The predicted molar refractivity (Wildman–Crippen MR) is 109 cm³/mol. The summed E-state index contributed by atoms with van der Waals surface area (Å²) in [6, 6.07) is 7.24. The molecule has 10 heteroatoms. The van der Waals surface area contributed by atoms with Crippen LogP contribution >= 0.6 is 0 Å². The number of aromatic nitrogens is 2. The highest BCUT2D eigenvalue weighted by molar-refractivity contribution is 5.85. The Balaban J connectivity index is 0.000000360. The van der Waals surface area contributed by atoms with Gasteiger partial charge >= 0.3 is 12.1 Å². The average Bonchev–Trinajstić information content (AvgIpc) is 3.06. The van der Waals surface area contributed by atoms with Crippen molar-refractivity contribution in [2.24, 2.45) is 0 Å². The second kappa shape index (κ2) is 8.97. The third-order valence-corrected chi connectivity index (χ3v) is 5.41. The van der Waals surface area contributed by atoms with Crippen molar-refractivity contribution in [3.8, 4) is 11.1 Å². The summed E-state index contributed by atoms with van der Waals surface area (Å²) in [6.45, 7) is 5.75. The maximum atomic E-state index is 13.7. The third-order valence-electron chi connectivity index (χ3n) is 5.41. The molecule has 1 N–H and O–H groups in total. The Hall–Kier alpha value is -3.43. The van der Waals surface area contributed by atoms with Gasteiger partial charge in [-0.05, 0) is 55.2 Å². The van der Waals surface area contributed by atoms with Crippen molar-refractivity contribution in [1.29, 1.82) is 0 Å². The van der Waals surface area contributed by atoms with E-state index in [1.807, 2.05) is 40.9 Å². The molecule has 6 nitrogen and oxygen atoms in total. The SMILES string of the molecule is Cc1c(F)ccc(-c2cnc3ccn(CC(=O)N4CCC4)c3c2)c1C.O=C(O)C(F)(F)F. The van der Waals surface area contributed by atoms with Gasteiger partial charge in [-0.3, -0.25) is 9.78 Å². The maximum Gasteiger partial charge on any atom is 0.490 e. The molecule has 0 bridgehead atoms. The number of hydrogen-bond donors (Lipinski definition) is 1.